The Hall–Kier alpha value is -10.3. The normalized spacial score (nSPS) is 11.9. The van der Waals surface area contributed by atoms with Crippen molar-refractivity contribution in [3.63, 3.8) is 0 Å². The summed E-state index contributed by atoms with van der Waals surface area (Å²) in [4.78, 5) is 29.8. The molecule has 0 spiro atoms. The molecule has 1 aliphatic heterocycles. The minimum Gasteiger partial charge on any atom is -0.455 e. The smallest absolute Gasteiger partial charge is 0.146 e. The van der Waals surface area contributed by atoms with Gasteiger partial charge >= 0.3 is 0 Å². The molecule has 0 N–H and O–H groups in total. The number of fused-ring (bicyclic) bond motifs is 7. The predicted molar refractivity (Wildman–Crippen MR) is 356 cm³/mol. The molecule has 0 radical (unpaired) electrons. The van der Waals surface area contributed by atoms with Gasteiger partial charge in [0, 0.05) is 109 Å². The fourth-order valence-corrected chi connectivity index (χ4v) is 11.1. The molecule has 0 atom stereocenters. The largest absolute Gasteiger partial charge is 0.455 e. The molecule has 7 heterocycles. The van der Waals surface area contributed by atoms with Crippen molar-refractivity contribution in [2.45, 2.75) is 41.5 Å². The summed E-state index contributed by atoms with van der Waals surface area (Å²) >= 11 is 0. The van der Waals surface area contributed by atoms with Crippen LogP contribution in [0, 0.1) is 18.3 Å². The molecule has 1 aliphatic rings. The summed E-state index contributed by atoms with van der Waals surface area (Å²) in [5.74, 6) is 1.32. The van der Waals surface area contributed by atoms with Crippen molar-refractivity contribution in [1.82, 2.24) is 29.9 Å². The summed E-state index contributed by atoms with van der Waals surface area (Å²) in [5, 5.41) is 14.5. The van der Waals surface area contributed by atoms with E-state index >= 15 is 0 Å². The van der Waals surface area contributed by atoms with Gasteiger partial charge < -0.3 is 9.64 Å². The molecule has 0 saturated heterocycles. The number of anilines is 1. The summed E-state index contributed by atoms with van der Waals surface area (Å²) in [6, 6.07) is 74.9. The number of hydrogen-bond acceptors (Lipinski definition) is 9. The second-order valence-electron chi connectivity index (χ2n) is 20.4. The van der Waals surface area contributed by atoms with Crippen molar-refractivity contribution in [1.29, 1.82) is 5.26 Å². The molecule has 9 nitrogen and oxygen atoms in total. The Morgan fingerprint density at radius 1 is 0.425 bits per heavy atom. The van der Waals surface area contributed by atoms with Gasteiger partial charge in [-0.05, 0) is 156 Å². The molecule has 6 aromatic heterocycles. The molecule has 10 heteroatoms. The van der Waals surface area contributed by atoms with Gasteiger partial charge in [-0.15, -0.1) is 0 Å². The molecule has 7 aromatic carbocycles. The number of benzene rings is 7. The quantitative estimate of drug-likeness (QED) is 0.0792. The van der Waals surface area contributed by atoms with Gasteiger partial charge in [0.15, 0.2) is 0 Å². The summed E-state index contributed by atoms with van der Waals surface area (Å²) in [7, 11) is 0. The molecule has 0 saturated carbocycles. The topological polar surface area (TPSA) is 114 Å². The zero-order chi connectivity index (χ0) is 59.4. The first kappa shape index (κ1) is 59.8. The van der Waals surface area contributed by atoms with Gasteiger partial charge in [0.2, 0.25) is 0 Å². The van der Waals surface area contributed by atoms with Crippen LogP contribution in [-0.2, 0) is 19.5 Å². The third-order valence-corrected chi connectivity index (χ3v) is 15.3. The first-order valence-corrected chi connectivity index (χ1v) is 29.2. The fraction of sp³-hybridized carbons (Fsp3) is 0.104. The molecular weight excluding hydrogens is 1150 g/mol. The van der Waals surface area contributed by atoms with Crippen LogP contribution < -0.4 is 9.64 Å². The van der Waals surface area contributed by atoms with Gasteiger partial charge in [0.05, 0.1) is 33.5 Å². The van der Waals surface area contributed by atoms with Crippen LogP contribution in [-0.4, -0.2) is 43.0 Å². The van der Waals surface area contributed by atoms with E-state index < -0.39 is 0 Å². The number of rotatable bonds is 9. The molecule has 0 aliphatic carbocycles. The molecule has 87 heavy (non-hydrogen) atoms. The van der Waals surface area contributed by atoms with E-state index in [-0.39, 0.29) is 19.5 Å². The maximum absolute atomic E-state index is 10.0. The van der Waals surface area contributed by atoms with E-state index in [1.54, 1.807) is 12.4 Å². The number of aryl methyl sites for hydroxylation is 1. The van der Waals surface area contributed by atoms with Gasteiger partial charge in [0.1, 0.15) is 23.2 Å². The van der Waals surface area contributed by atoms with Gasteiger partial charge in [-0.3, -0.25) is 29.9 Å². The van der Waals surface area contributed by atoms with Crippen LogP contribution in [0.15, 0.2) is 261 Å². The average Bonchev–Trinajstić information content (AvgIpc) is 2.83. The second-order valence-corrected chi connectivity index (χ2v) is 20.4. The van der Waals surface area contributed by atoms with Crippen molar-refractivity contribution in [2.24, 2.45) is 0 Å². The summed E-state index contributed by atoms with van der Waals surface area (Å²) in [6.07, 6.45) is 12.9. The van der Waals surface area contributed by atoms with E-state index in [4.69, 9.17) is 4.74 Å². The minimum atomic E-state index is 0. The Bertz CT molecular complexity index is 4250. The maximum atomic E-state index is 10.0. The Labute approximate surface area is 521 Å². The molecule has 0 unspecified atom stereocenters. The van der Waals surface area contributed by atoms with Gasteiger partial charge in [-0.1, -0.05) is 159 Å². The van der Waals surface area contributed by atoms with Gasteiger partial charge in [-0.2, -0.15) is 5.26 Å². The van der Waals surface area contributed by atoms with E-state index in [9.17, 15) is 5.26 Å². The Balaban J connectivity index is 0.000000142. The zero-order valence-corrected chi connectivity index (χ0v) is 51.2. The molecule has 13 aromatic rings. The molecule has 0 fully saturated rings. The van der Waals surface area contributed by atoms with Crippen LogP contribution >= 0.6 is 0 Å². The zero-order valence-electron chi connectivity index (χ0n) is 49.5. The van der Waals surface area contributed by atoms with E-state index in [2.05, 4.69) is 219 Å². The SMILES string of the molecule is CC.CCN(CC)c1ccc2c(c1)O/C(=C(/C#N)c1ccnc(-c3cc(C)ccn3)c1)C=C2C.[Ru].c1ccc(-c2ccnc3c2ccc2c(-c4ccccc4)ccnc23)cc1.c1ccc(-c2ccnc3c2ccc2c(-c4ccccc4)ccnc23)cc1. The van der Waals surface area contributed by atoms with E-state index in [1.165, 1.54) is 44.5 Å². The first-order chi connectivity index (χ1) is 42.4. The Morgan fingerprint density at radius 3 is 1.18 bits per heavy atom. The number of nitriles is 1. The molecule has 0 bridgehead atoms. The second kappa shape index (κ2) is 28.0. The van der Waals surface area contributed by atoms with Crippen molar-refractivity contribution < 1.29 is 24.2 Å². The van der Waals surface area contributed by atoms with Crippen LogP contribution in [0.3, 0.4) is 0 Å². The maximum Gasteiger partial charge on any atom is 0.146 e. The van der Waals surface area contributed by atoms with Crippen molar-refractivity contribution >= 4 is 60.4 Å². The fourth-order valence-electron chi connectivity index (χ4n) is 11.1. The van der Waals surface area contributed by atoms with E-state index in [0.717, 1.165) is 102 Å². The molecule has 426 valence electrons. The van der Waals surface area contributed by atoms with Crippen molar-refractivity contribution in [3.8, 4) is 67.7 Å². The number of allylic oxidation sites excluding steroid dienone is 3. The predicted octanol–water partition coefficient (Wildman–Crippen LogP) is 19.3. The van der Waals surface area contributed by atoms with Gasteiger partial charge in [0.25, 0.3) is 0 Å². The van der Waals surface area contributed by atoms with Gasteiger partial charge in [-0.25, -0.2) is 0 Å². The number of hydrogen-bond donors (Lipinski definition) is 0. The van der Waals surface area contributed by atoms with Crippen molar-refractivity contribution in [3.05, 3.63) is 278 Å². The van der Waals surface area contributed by atoms with Crippen LogP contribution in [0.4, 0.5) is 5.69 Å². The van der Waals surface area contributed by atoms with Crippen LogP contribution in [0.2, 0.25) is 0 Å². The first-order valence-electron chi connectivity index (χ1n) is 29.2. The number of ether oxygens (including phenoxy) is 1. The molecule has 14 rings (SSSR count). The number of pyridine rings is 6. The van der Waals surface area contributed by atoms with E-state index in [1.807, 2.05) is 107 Å². The van der Waals surface area contributed by atoms with Crippen LogP contribution in [0.5, 0.6) is 5.75 Å². The third-order valence-electron chi connectivity index (χ3n) is 15.3. The monoisotopic (exact) mass is 1220 g/mol. The van der Waals surface area contributed by atoms with E-state index in [0.29, 0.717) is 11.3 Å². The number of nitrogens with zero attached hydrogens (tertiary/aromatic N) is 8. The number of aromatic nitrogens is 6. The van der Waals surface area contributed by atoms with Crippen molar-refractivity contribution in [2.75, 3.05) is 18.0 Å². The van der Waals surface area contributed by atoms with Crippen LogP contribution in [0.25, 0.3) is 111 Å². The average molecular weight is 1220 g/mol. The third kappa shape index (κ3) is 12.9. The summed E-state index contributed by atoms with van der Waals surface area (Å²) < 4.78 is 6.27. The molecule has 0 amide bonds. The molecular formula is C77H64N8ORu. The van der Waals surface area contributed by atoms with Crippen LogP contribution in [0.1, 0.15) is 51.3 Å². The summed E-state index contributed by atoms with van der Waals surface area (Å²) in [5.41, 5.74) is 20.3. The standard InChI is InChI=1S/C27H26N4O.2C24H16N2.C2H6.Ru/c1-5-31(6-2)21-7-8-22-19(4)14-26(32-27(22)16-21)23(17-28)20-10-12-30-25(15-20)24-13-18(3)9-11-29-24;2*1-3-7-17(8-4-1)19-13-15-25-23-21(19)11-12-22-20(14-16-26-24(22)23)18-9-5-2-6-10-18;1-2;/h7-16H,5-6H2,1-4H3;2*1-16H;1-2H3;/b26-23-;;;;. The summed E-state index contributed by atoms with van der Waals surface area (Å²) in [6.45, 7) is 14.2. The Kier molecular flexibility index (Phi) is 19.3. The minimum absolute atomic E-state index is 0. The Morgan fingerprint density at radius 2 is 0.805 bits per heavy atom.